The summed E-state index contributed by atoms with van der Waals surface area (Å²) >= 11 is 1.25. The maximum atomic E-state index is 15.5. The first-order chi connectivity index (χ1) is 15.7. The molecule has 0 spiro atoms. The zero-order chi connectivity index (χ0) is 22.1. The molecule has 3 nitrogen and oxygen atoms in total. The van der Waals surface area contributed by atoms with E-state index in [1.807, 2.05) is 18.4 Å². The van der Waals surface area contributed by atoms with Crippen molar-refractivity contribution in [1.29, 1.82) is 0 Å². The largest absolute Gasteiger partial charge is 0.372 e. The first-order valence-electron chi connectivity index (χ1n) is 11.2. The van der Waals surface area contributed by atoms with Gasteiger partial charge in [0.1, 0.15) is 0 Å². The van der Waals surface area contributed by atoms with E-state index in [1.54, 1.807) is 0 Å². The van der Waals surface area contributed by atoms with Crippen LogP contribution in [0.15, 0.2) is 60.7 Å². The molecule has 3 aromatic carbocycles. The number of fused-ring (bicyclic) bond motifs is 5. The number of H-pyrrole nitrogens is 1. The van der Waals surface area contributed by atoms with Crippen LogP contribution < -0.4 is 10.0 Å². The van der Waals surface area contributed by atoms with Gasteiger partial charge in [0.05, 0.1) is 11.2 Å². The smallest absolute Gasteiger partial charge is 0.155 e. The van der Waals surface area contributed by atoms with E-state index in [2.05, 4.69) is 58.4 Å². The molecule has 0 bridgehead atoms. The van der Waals surface area contributed by atoms with Crippen molar-refractivity contribution in [2.75, 3.05) is 24.2 Å². The first-order valence-corrected chi connectivity index (χ1v) is 12.5. The van der Waals surface area contributed by atoms with Crippen molar-refractivity contribution < 1.29 is 4.39 Å². The summed E-state index contributed by atoms with van der Waals surface area (Å²) < 4.78 is 15.5. The summed E-state index contributed by atoms with van der Waals surface area (Å²) in [5.41, 5.74) is 8.27. The van der Waals surface area contributed by atoms with E-state index in [-0.39, 0.29) is 5.82 Å². The van der Waals surface area contributed by atoms with E-state index < -0.39 is 0 Å². The van der Waals surface area contributed by atoms with Gasteiger partial charge in [0.25, 0.3) is 0 Å². The lowest BCUT2D eigenvalue weighted by Gasteiger charge is -2.28. The second-order valence-electron chi connectivity index (χ2n) is 8.49. The Kier molecular flexibility index (Phi) is 5.94. The lowest BCUT2D eigenvalue weighted by Crippen LogP contribution is -2.29. The molecule has 2 heterocycles. The van der Waals surface area contributed by atoms with E-state index >= 15 is 4.39 Å². The maximum absolute atomic E-state index is 15.5. The lowest BCUT2D eigenvalue weighted by molar-refractivity contribution is 0.578. The van der Waals surface area contributed by atoms with E-state index in [0.29, 0.717) is 11.1 Å². The number of aromatic amines is 1. The number of anilines is 1. The van der Waals surface area contributed by atoms with Crippen molar-refractivity contribution in [3.63, 3.8) is 0 Å². The molecule has 1 fully saturated rings. The third-order valence-electron chi connectivity index (χ3n) is 6.57. The average molecular weight is 446 g/mol. The molecular weight excluding hydrogens is 417 g/mol. The highest BCUT2D eigenvalue weighted by molar-refractivity contribution is 7.96. The van der Waals surface area contributed by atoms with Gasteiger partial charge in [0, 0.05) is 41.7 Å². The topological polar surface area (TPSA) is 45.0 Å². The number of rotatable bonds is 2. The summed E-state index contributed by atoms with van der Waals surface area (Å²) in [6, 6.07) is 20.8. The number of hydrogen-bond acceptors (Lipinski definition) is 3. The van der Waals surface area contributed by atoms with E-state index in [1.165, 1.54) is 53.6 Å². The van der Waals surface area contributed by atoms with Crippen molar-refractivity contribution >= 4 is 28.5 Å². The summed E-state index contributed by atoms with van der Waals surface area (Å²) in [6.45, 7) is 2.24. The summed E-state index contributed by atoms with van der Waals surface area (Å²) in [5, 5.41) is 5.77. The van der Waals surface area contributed by atoms with Gasteiger partial charge in [-0.25, -0.2) is 4.39 Å². The Hall–Kier alpha value is -2.76. The fraction of sp³-hybridized carbons (Fsp3) is 0.259. The van der Waals surface area contributed by atoms with Crippen LogP contribution in [0, 0.1) is 5.82 Å². The summed E-state index contributed by atoms with van der Waals surface area (Å²) in [5.74, 6) is -0.153. The van der Waals surface area contributed by atoms with Crippen LogP contribution in [0.2, 0.25) is 0 Å². The molecule has 0 saturated carbocycles. The van der Waals surface area contributed by atoms with Gasteiger partial charge in [-0.15, -0.1) is 0 Å². The Bertz CT molecular complexity index is 1240. The van der Waals surface area contributed by atoms with E-state index in [0.717, 1.165) is 36.2 Å². The second kappa shape index (κ2) is 9.00. The fourth-order valence-electron chi connectivity index (χ4n) is 5.03. The number of nitrogens with two attached hydrogens (primary N) is 1. The molecule has 1 aliphatic heterocycles. The highest BCUT2D eigenvalue weighted by Crippen LogP contribution is 2.42. The first kappa shape index (κ1) is 21.1. The molecule has 1 aromatic heterocycles. The number of nitrogens with one attached hydrogen (secondary N) is 1. The number of aromatic nitrogens is 1. The molecule has 4 aromatic rings. The Labute approximate surface area is 193 Å². The van der Waals surface area contributed by atoms with Gasteiger partial charge in [-0.05, 0) is 54.3 Å². The predicted molar refractivity (Wildman–Crippen MR) is 136 cm³/mol. The van der Waals surface area contributed by atoms with E-state index in [4.69, 9.17) is 5.14 Å². The summed E-state index contributed by atoms with van der Waals surface area (Å²) in [4.78, 5) is 5.82. The van der Waals surface area contributed by atoms with Crippen LogP contribution in [-0.2, 0) is 6.42 Å². The third kappa shape index (κ3) is 3.70. The minimum atomic E-state index is -0.153. The zero-order valence-electron chi connectivity index (χ0n) is 18.3. The summed E-state index contributed by atoms with van der Waals surface area (Å²) in [6.07, 6.45) is 6.53. The second-order valence-corrected chi connectivity index (χ2v) is 8.96. The van der Waals surface area contributed by atoms with Crippen LogP contribution in [0.5, 0.6) is 0 Å². The Morgan fingerprint density at radius 3 is 2.38 bits per heavy atom. The van der Waals surface area contributed by atoms with Gasteiger partial charge in [0.2, 0.25) is 0 Å². The number of halogens is 1. The van der Waals surface area contributed by atoms with E-state index in [9.17, 15) is 0 Å². The molecule has 5 heteroatoms. The van der Waals surface area contributed by atoms with Crippen molar-refractivity contribution in [2.45, 2.75) is 25.7 Å². The SMILES string of the molecule is CSN.Fc1c(-c2ccc(N3CCCCC3)cc2)ccc2c3c([nH]c12)-c1ccccc1C3. The Balaban J connectivity index is 0.000000684. The number of nitrogens with zero attached hydrogens (tertiary/aromatic N) is 1. The Morgan fingerprint density at radius 2 is 1.62 bits per heavy atom. The molecule has 0 atom stereocenters. The summed E-state index contributed by atoms with van der Waals surface area (Å²) in [7, 11) is 0. The van der Waals surface area contributed by atoms with Crippen LogP contribution in [0.4, 0.5) is 10.1 Å². The Morgan fingerprint density at radius 1 is 0.906 bits per heavy atom. The molecule has 0 unspecified atom stereocenters. The van der Waals surface area contributed by atoms with Gasteiger partial charge < -0.3 is 9.88 Å². The molecule has 1 saturated heterocycles. The van der Waals surface area contributed by atoms with Crippen molar-refractivity contribution in [3.8, 4) is 22.4 Å². The minimum Gasteiger partial charge on any atom is -0.372 e. The standard InChI is InChI=1S/C26H23FN2.CH5NS/c27-24-20(17-8-10-19(11-9-17)29-14-4-1-5-15-29)12-13-22-23-16-18-6-2-3-7-21(18)25(23)28-26(22)24;1-3-2/h2-3,6-13,28H,1,4-5,14-16H2;2H2,1H3. The molecule has 3 N–H and O–H groups in total. The molecule has 32 heavy (non-hydrogen) atoms. The van der Waals surface area contributed by atoms with Crippen LogP contribution in [0.1, 0.15) is 30.4 Å². The predicted octanol–water partition coefficient (Wildman–Crippen LogP) is 6.76. The van der Waals surface area contributed by atoms with Gasteiger partial charge in [-0.3, -0.25) is 5.14 Å². The highest BCUT2D eigenvalue weighted by atomic mass is 32.2. The van der Waals surface area contributed by atoms with Gasteiger partial charge >= 0.3 is 0 Å². The van der Waals surface area contributed by atoms with Gasteiger partial charge in [-0.1, -0.05) is 60.5 Å². The van der Waals surface area contributed by atoms with Gasteiger partial charge in [0.15, 0.2) is 5.82 Å². The van der Waals surface area contributed by atoms with Crippen LogP contribution >= 0.6 is 11.9 Å². The molecule has 164 valence electrons. The van der Waals surface area contributed by atoms with Crippen LogP contribution in [-0.4, -0.2) is 24.3 Å². The number of benzene rings is 3. The number of piperidine rings is 1. The van der Waals surface area contributed by atoms with Crippen LogP contribution in [0.25, 0.3) is 33.3 Å². The van der Waals surface area contributed by atoms with Crippen molar-refractivity contribution in [2.24, 2.45) is 5.14 Å². The highest BCUT2D eigenvalue weighted by Gasteiger charge is 2.24. The van der Waals surface area contributed by atoms with Crippen molar-refractivity contribution in [3.05, 3.63) is 77.6 Å². The molecule has 2 aliphatic rings. The number of hydrogen-bond donors (Lipinski definition) is 2. The average Bonchev–Trinajstić information content (AvgIpc) is 3.38. The fourth-order valence-corrected chi connectivity index (χ4v) is 5.03. The monoisotopic (exact) mass is 445 g/mol. The molecule has 6 rings (SSSR count). The molecule has 0 radical (unpaired) electrons. The van der Waals surface area contributed by atoms with Crippen LogP contribution in [0.3, 0.4) is 0 Å². The van der Waals surface area contributed by atoms with Crippen molar-refractivity contribution in [1.82, 2.24) is 4.98 Å². The quantitative estimate of drug-likeness (QED) is 0.295. The maximum Gasteiger partial charge on any atom is 0.155 e. The molecule has 0 amide bonds. The third-order valence-corrected chi connectivity index (χ3v) is 6.57. The minimum absolute atomic E-state index is 0.153. The normalized spacial score (nSPS) is 14.7. The molecule has 1 aliphatic carbocycles. The molecular formula is C27H28FN3S. The zero-order valence-corrected chi connectivity index (χ0v) is 19.1. The van der Waals surface area contributed by atoms with Gasteiger partial charge in [-0.2, -0.15) is 0 Å². The lowest BCUT2D eigenvalue weighted by atomic mass is 10.0.